The largest absolute Gasteiger partial charge is 0.416 e. The Kier molecular flexibility index (Phi) is 5.57. The van der Waals surface area contributed by atoms with Crippen LogP contribution in [0.15, 0.2) is 24.3 Å². The molecule has 2 heterocycles. The first-order valence-corrected chi connectivity index (χ1v) is 11.2. The highest BCUT2D eigenvalue weighted by Gasteiger charge is 2.49. The van der Waals surface area contributed by atoms with E-state index in [1.807, 2.05) is 4.90 Å². The van der Waals surface area contributed by atoms with Crippen molar-refractivity contribution < 1.29 is 22.8 Å². The molecule has 0 unspecified atom stereocenters. The Hall–Kier alpha value is -1.70. The van der Waals surface area contributed by atoms with E-state index in [1.165, 1.54) is 24.2 Å². The molecule has 1 spiro atoms. The van der Waals surface area contributed by atoms with Crippen molar-refractivity contribution >= 4 is 29.3 Å². The number of halogens is 3. The molecule has 4 nitrogen and oxygen atoms in total. The minimum absolute atomic E-state index is 0.107. The van der Waals surface area contributed by atoms with E-state index in [0.717, 1.165) is 37.8 Å². The lowest BCUT2D eigenvalue weighted by Crippen LogP contribution is -2.54. The number of hydrogen-bond acceptors (Lipinski definition) is 3. The van der Waals surface area contributed by atoms with E-state index < -0.39 is 16.6 Å². The van der Waals surface area contributed by atoms with Crippen LogP contribution >= 0.6 is 11.8 Å². The summed E-state index contributed by atoms with van der Waals surface area (Å²) in [5.74, 6) is 0.406. The van der Waals surface area contributed by atoms with Gasteiger partial charge in [0.15, 0.2) is 0 Å². The quantitative estimate of drug-likeness (QED) is 0.689. The Morgan fingerprint density at radius 3 is 2.45 bits per heavy atom. The number of alkyl halides is 3. The molecule has 4 rings (SSSR count). The minimum atomic E-state index is -4.45. The number of anilines is 1. The van der Waals surface area contributed by atoms with E-state index in [2.05, 4.69) is 0 Å². The van der Waals surface area contributed by atoms with Crippen molar-refractivity contribution in [3.63, 3.8) is 0 Å². The molecule has 1 aromatic carbocycles. The number of likely N-dealkylation sites (tertiary alicyclic amines) is 1. The maximum Gasteiger partial charge on any atom is 0.416 e. The zero-order chi connectivity index (χ0) is 20.6. The molecule has 0 aromatic heterocycles. The maximum atomic E-state index is 13.1. The first kappa shape index (κ1) is 20.6. The third-order valence-corrected chi connectivity index (χ3v) is 7.88. The van der Waals surface area contributed by atoms with Crippen LogP contribution in [0.4, 0.5) is 18.9 Å². The lowest BCUT2D eigenvalue weighted by molar-refractivity contribution is -0.138. The second kappa shape index (κ2) is 7.85. The van der Waals surface area contributed by atoms with Gasteiger partial charge in [0.05, 0.1) is 16.2 Å². The molecular weight excluding hydrogens is 401 g/mol. The second-order valence-corrected chi connectivity index (χ2v) is 9.51. The molecule has 3 fully saturated rings. The van der Waals surface area contributed by atoms with E-state index in [9.17, 15) is 22.8 Å². The molecule has 158 valence electrons. The Bertz CT molecular complexity index is 784. The normalized spacial score (nSPS) is 23.1. The Labute approximate surface area is 172 Å². The van der Waals surface area contributed by atoms with Crippen molar-refractivity contribution in [3.8, 4) is 0 Å². The molecule has 1 aromatic rings. The average Bonchev–Trinajstić information content (AvgIpc) is 3.04. The van der Waals surface area contributed by atoms with Crippen LogP contribution in [0, 0.1) is 5.92 Å². The fourth-order valence-corrected chi connectivity index (χ4v) is 6.13. The molecule has 1 saturated carbocycles. The van der Waals surface area contributed by atoms with Gasteiger partial charge in [-0.3, -0.25) is 14.5 Å². The lowest BCUT2D eigenvalue weighted by atomic mass is 9.87. The van der Waals surface area contributed by atoms with Crippen LogP contribution in [-0.4, -0.2) is 40.4 Å². The van der Waals surface area contributed by atoms with Crippen molar-refractivity contribution in [1.29, 1.82) is 0 Å². The van der Waals surface area contributed by atoms with Crippen LogP contribution < -0.4 is 4.90 Å². The van der Waals surface area contributed by atoms with Gasteiger partial charge in [-0.05, 0) is 43.9 Å². The SMILES string of the molecule is O=C(C1CCCCC1)N1CCC2(CC1)SCC(=O)N2c1cccc(C(F)(F)F)c1. The Morgan fingerprint density at radius 1 is 1.10 bits per heavy atom. The smallest absolute Gasteiger partial charge is 0.342 e. The van der Waals surface area contributed by atoms with Gasteiger partial charge in [-0.15, -0.1) is 11.8 Å². The first-order valence-electron chi connectivity index (χ1n) is 10.2. The fourth-order valence-electron chi connectivity index (χ4n) is 4.81. The van der Waals surface area contributed by atoms with Gasteiger partial charge in [-0.1, -0.05) is 25.3 Å². The number of rotatable bonds is 2. The lowest BCUT2D eigenvalue weighted by Gasteiger charge is -2.44. The molecular formula is C21H25F3N2O2S. The van der Waals surface area contributed by atoms with Crippen LogP contribution in [0.2, 0.25) is 0 Å². The summed E-state index contributed by atoms with van der Waals surface area (Å²) in [6.07, 6.45) is 2.00. The van der Waals surface area contributed by atoms with E-state index >= 15 is 0 Å². The molecule has 29 heavy (non-hydrogen) atoms. The highest BCUT2D eigenvalue weighted by Crippen LogP contribution is 2.47. The van der Waals surface area contributed by atoms with Gasteiger partial charge in [0.25, 0.3) is 0 Å². The summed E-state index contributed by atoms with van der Waals surface area (Å²) >= 11 is 1.50. The summed E-state index contributed by atoms with van der Waals surface area (Å²) < 4.78 is 39.4. The molecule has 0 bridgehead atoms. The summed E-state index contributed by atoms with van der Waals surface area (Å²) in [5.41, 5.74) is -0.457. The van der Waals surface area contributed by atoms with Crippen molar-refractivity contribution in [1.82, 2.24) is 4.90 Å². The number of carbonyl (C=O) groups excluding carboxylic acids is 2. The van der Waals surface area contributed by atoms with Gasteiger partial charge >= 0.3 is 6.18 Å². The summed E-state index contributed by atoms with van der Waals surface area (Å²) in [4.78, 5) is 28.3. The van der Waals surface area contributed by atoms with Crippen molar-refractivity contribution in [2.24, 2.45) is 5.92 Å². The van der Waals surface area contributed by atoms with Gasteiger partial charge in [0.2, 0.25) is 11.8 Å². The summed E-state index contributed by atoms with van der Waals surface area (Å²) in [6, 6.07) is 5.00. The minimum Gasteiger partial charge on any atom is -0.342 e. The number of piperidine rings is 1. The summed E-state index contributed by atoms with van der Waals surface area (Å²) in [6.45, 7) is 1.09. The Morgan fingerprint density at radius 2 is 1.79 bits per heavy atom. The first-order chi connectivity index (χ1) is 13.8. The van der Waals surface area contributed by atoms with Gasteiger partial charge in [-0.2, -0.15) is 13.2 Å². The highest BCUT2D eigenvalue weighted by atomic mass is 32.2. The van der Waals surface area contributed by atoms with Crippen molar-refractivity contribution in [2.75, 3.05) is 23.7 Å². The van der Waals surface area contributed by atoms with E-state index in [-0.39, 0.29) is 23.5 Å². The molecule has 8 heteroatoms. The fraction of sp³-hybridized carbons (Fsp3) is 0.619. The van der Waals surface area contributed by atoms with Gasteiger partial charge in [0.1, 0.15) is 0 Å². The van der Waals surface area contributed by atoms with Crippen LogP contribution in [0.5, 0.6) is 0 Å². The van der Waals surface area contributed by atoms with Crippen LogP contribution in [0.1, 0.15) is 50.5 Å². The standard InChI is InChI=1S/C21H25F3N2O2S/c22-21(23,24)16-7-4-8-17(13-16)26-18(27)14-29-20(26)9-11-25(12-10-20)19(28)15-5-2-1-3-6-15/h4,7-8,13,15H,1-3,5-6,9-12,14H2. The average molecular weight is 427 g/mol. The van der Waals surface area contributed by atoms with E-state index in [1.54, 1.807) is 11.0 Å². The number of amides is 2. The number of nitrogens with zero attached hydrogens (tertiary/aromatic N) is 2. The number of hydrogen-bond donors (Lipinski definition) is 0. The monoisotopic (exact) mass is 426 g/mol. The second-order valence-electron chi connectivity index (χ2n) is 8.17. The van der Waals surface area contributed by atoms with Crippen LogP contribution in [0.25, 0.3) is 0 Å². The third kappa shape index (κ3) is 4.00. The zero-order valence-electron chi connectivity index (χ0n) is 16.2. The molecule has 2 amide bonds. The maximum absolute atomic E-state index is 13.1. The van der Waals surface area contributed by atoms with Gasteiger partial charge in [0, 0.05) is 24.7 Å². The molecule has 3 aliphatic rings. The molecule has 0 radical (unpaired) electrons. The third-order valence-electron chi connectivity index (χ3n) is 6.36. The van der Waals surface area contributed by atoms with Crippen LogP contribution in [0.3, 0.4) is 0 Å². The number of benzene rings is 1. The zero-order valence-corrected chi connectivity index (χ0v) is 17.0. The molecule has 2 saturated heterocycles. The summed E-state index contributed by atoms with van der Waals surface area (Å²) in [5, 5.41) is 0. The topological polar surface area (TPSA) is 40.6 Å². The van der Waals surface area contributed by atoms with Gasteiger partial charge in [-0.25, -0.2) is 0 Å². The predicted molar refractivity (Wildman–Crippen MR) is 107 cm³/mol. The predicted octanol–water partition coefficient (Wildman–Crippen LogP) is 4.68. The number of carbonyl (C=O) groups is 2. The van der Waals surface area contributed by atoms with Gasteiger partial charge < -0.3 is 4.90 Å². The van der Waals surface area contributed by atoms with Crippen molar-refractivity contribution in [2.45, 2.75) is 56.0 Å². The molecule has 0 atom stereocenters. The molecule has 2 aliphatic heterocycles. The molecule has 1 aliphatic carbocycles. The van der Waals surface area contributed by atoms with E-state index in [0.29, 0.717) is 31.6 Å². The van der Waals surface area contributed by atoms with Crippen LogP contribution in [-0.2, 0) is 15.8 Å². The number of thioether (sulfide) groups is 1. The Balaban J connectivity index is 1.51. The summed E-state index contributed by atoms with van der Waals surface area (Å²) in [7, 11) is 0. The molecule has 0 N–H and O–H groups in total. The van der Waals surface area contributed by atoms with Crippen molar-refractivity contribution in [3.05, 3.63) is 29.8 Å². The highest BCUT2D eigenvalue weighted by molar-refractivity contribution is 8.02. The van der Waals surface area contributed by atoms with E-state index in [4.69, 9.17) is 0 Å².